The smallest absolute Gasteiger partial charge is 0.250 e. The van der Waals surface area contributed by atoms with E-state index >= 15 is 0 Å². The third-order valence-corrected chi connectivity index (χ3v) is 3.67. The van der Waals surface area contributed by atoms with Crippen molar-refractivity contribution in [3.63, 3.8) is 0 Å². The molecular weight excluding hydrogens is 214 g/mol. The van der Waals surface area contributed by atoms with Gasteiger partial charge in [0.2, 0.25) is 0 Å². The molecule has 0 heterocycles. The van der Waals surface area contributed by atoms with Crippen molar-refractivity contribution in [2.75, 3.05) is 17.6 Å². The molecule has 2 rings (SSSR count). The number of carbonyl (C=O) groups excluding carboxylic acids is 1. The minimum atomic E-state index is -0.443. The molecule has 92 valence electrons. The first-order chi connectivity index (χ1) is 8.06. The molecule has 0 spiro atoms. The molecule has 0 bridgehead atoms. The van der Waals surface area contributed by atoms with Crippen LogP contribution in [0.25, 0.3) is 0 Å². The van der Waals surface area contributed by atoms with Crippen molar-refractivity contribution >= 4 is 17.3 Å². The SMILES string of the molecule is CCC1(CNc2ccc(N)cc2C(N)=O)CC1. The highest BCUT2D eigenvalue weighted by atomic mass is 16.1. The van der Waals surface area contributed by atoms with Crippen molar-refractivity contribution in [3.05, 3.63) is 23.8 Å². The zero-order valence-electron chi connectivity index (χ0n) is 10.1. The Morgan fingerprint density at radius 2 is 2.18 bits per heavy atom. The zero-order valence-corrected chi connectivity index (χ0v) is 10.1. The minimum Gasteiger partial charge on any atom is -0.399 e. The second-order valence-corrected chi connectivity index (χ2v) is 4.88. The van der Waals surface area contributed by atoms with Gasteiger partial charge in [0.05, 0.1) is 5.56 Å². The average Bonchev–Trinajstić information content (AvgIpc) is 3.08. The normalized spacial score (nSPS) is 16.5. The highest BCUT2D eigenvalue weighted by molar-refractivity contribution is 5.99. The summed E-state index contributed by atoms with van der Waals surface area (Å²) in [5.74, 6) is -0.443. The first kappa shape index (κ1) is 11.8. The number of primary amides is 1. The summed E-state index contributed by atoms with van der Waals surface area (Å²) in [6.45, 7) is 3.10. The van der Waals surface area contributed by atoms with Crippen molar-refractivity contribution in [2.24, 2.45) is 11.1 Å². The van der Waals surface area contributed by atoms with Crippen LogP contribution in [0.1, 0.15) is 36.5 Å². The molecular formula is C13H19N3O. The van der Waals surface area contributed by atoms with Crippen LogP contribution >= 0.6 is 0 Å². The monoisotopic (exact) mass is 233 g/mol. The van der Waals surface area contributed by atoms with Crippen molar-refractivity contribution in [1.29, 1.82) is 0 Å². The number of amides is 1. The van der Waals surface area contributed by atoms with Gasteiger partial charge >= 0.3 is 0 Å². The van der Waals surface area contributed by atoms with E-state index in [1.807, 2.05) is 6.07 Å². The van der Waals surface area contributed by atoms with Gasteiger partial charge in [-0.15, -0.1) is 0 Å². The van der Waals surface area contributed by atoms with Crippen molar-refractivity contribution in [3.8, 4) is 0 Å². The Morgan fingerprint density at radius 3 is 2.71 bits per heavy atom. The maximum atomic E-state index is 11.3. The number of anilines is 2. The predicted octanol–water partition coefficient (Wildman–Crippen LogP) is 1.97. The van der Waals surface area contributed by atoms with E-state index in [9.17, 15) is 4.79 Å². The number of nitrogen functional groups attached to an aromatic ring is 1. The van der Waals surface area contributed by atoms with Crippen molar-refractivity contribution in [1.82, 2.24) is 0 Å². The topological polar surface area (TPSA) is 81.1 Å². The summed E-state index contributed by atoms with van der Waals surface area (Å²) in [6.07, 6.45) is 3.69. The van der Waals surface area contributed by atoms with Crippen molar-refractivity contribution < 1.29 is 4.79 Å². The minimum absolute atomic E-state index is 0.427. The van der Waals surface area contributed by atoms with Crippen LogP contribution in [0, 0.1) is 5.41 Å². The fraction of sp³-hybridized carbons (Fsp3) is 0.462. The van der Waals surface area contributed by atoms with Gasteiger partial charge in [-0.25, -0.2) is 0 Å². The van der Waals surface area contributed by atoms with Crippen LogP contribution in [-0.4, -0.2) is 12.5 Å². The Hall–Kier alpha value is -1.71. The van der Waals surface area contributed by atoms with E-state index in [1.54, 1.807) is 12.1 Å². The lowest BCUT2D eigenvalue weighted by Crippen LogP contribution is -2.19. The number of nitrogens with two attached hydrogens (primary N) is 2. The number of hydrogen-bond donors (Lipinski definition) is 3. The molecule has 4 heteroatoms. The number of hydrogen-bond acceptors (Lipinski definition) is 3. The van der Waals surface area contributed by atoms with Gasteiger partial charge in [-0.05, 0) is 42.9 Å². The summed E-state index contributed by atoms with van der Waals surface area (Å²) in [4.78, 5) is 11.3. The lowest BCUT2D eigenvalue weighted by molar-refractivity contribution is 0.100. The van der Waals surface area contributed by atoms with E-state index in [0.717, 1.165) is 12.2 Å². The van der Waals surface area contributed by atoms with Crippen LogP contribution < -0.4 is 16.8 Å². The molecule has 1 saturated carbocycles. The molecule has 1 aliphatic rings. The quantitative estimate of drug-likeness (QED) is 0.680. The summed E-state index contributed by atoms with van der Waals surface area (Å²) < 4.78 is 0. The van der Waals surface area contributed by atoms with Gasteiger partial charge in [0.1, 0.15) is 0 Å². The fourth-order valence-corrected chi connectivity index (χ4v) is 2.03. The zero-order chi connectivity index (χ0) is 12.5. The van der Waals surface area contributed by atoms with E-state index in [4.69, 9.17) is 11.5 Å². The van der Waals surface area contributed by atoms with E-state index < -0.39 is 5.91 Å². The molecule has 17 heavy (non-hydrogen) atoms. The Balaban J connectivity index is 2.12. The largest absolute Gasteiger partial charge is 0.399 e. The summed E-state index contributed by atoms with van der Waals surface area (Å²) in [5, 5.41) is 3.32. The van der Waals surface area contributed by atoms with Crippen LogP contribution in [0.15, 0.2) is 18.2 Å². The van der Waals surface area contributed by atoms with Crippen LogP contribution in [0.5, 0.6) is 0 Å². The molecule has 1 aromatic rings. The van der Waals surface area contributed by atoms with Crippen LogP contribution in [0.4, 0.5) is 11.4 Å². The molecule has 1 fully saturated rings. The van der Waals surface area contributed by atoms with Crippen molar-refractivity contribution in [2.45, 2.75) is 26.2 Å². The first-order valence-electron chi connectivity index (χ1n) is 5.99. The van der Waals surface area contributed by atoms with E-state index in [2.05, 4.69) is 12.2 Å². The van der Waals surface area contributed by atoms with E-state index in [1.165, 1.54) is 19.3 Å². The molecule has 0 aliphatic heterocycles. The number of carbonyl (C=O) groups is 1. The predicted molar refractivity (Wildman–Crippen MR) is 69.8 cm³/mol. The third kappa shape index (κ3) is 2.52. The number of benzene rings is 1. The van der Waals surface area contributed by atoms with Crippen LogP contribution in [0.2, 0.25) is 0 Å². The molecule has 4 nitrogen and oxygen atoms in total. The molecule has 0 aromatic heterocycles. The molecule has 0 atom stereocenters. The highest BCUT2D eigenvalue weighted by Gasteiger charge is 2.40. The molecule has 5 N–H and O–H groups in total. The molecule has 0 radical (unpaired) electrons. The van der Waals surface area contributed by atoms with Gasteiger partial charge in [-0.1, -0.05) is 6.92 Å². The third-order valence-electron chi connectivity index (χ3n) is 3.67. The molecule has 1 amide bonds. The van der Waals surface area contributed by atoms with Gasteiger partial charge in [-0.3, -0.25) is 4.79 Å². The second-order valence-electron chi connectivity index (χ2n) is 4.88. The van der Waals surface area contributed by atoms with Gasteiger partial charge < -0.3 is 16.8 Å². The lowest BCUT2D eigenvalue weighted by Gasteiger charge is -2.16. The number of rotatable bonds is 5. The molecule has 0 saturated heterocycles. The molecule has 1 aliphatic carbocycles. The summed E-state index contributed by atoms with van der Waals surface area (Å²) in [7, 11) is 0. The van der Waals surface area contributed by atoms with E-state index in [0.29, 0.717) is 16.7 Å². The van der Waals surface area contributed by atoms with Gasteiger partial charge in [0.15, 0.2) is 0 Å². The fourth-order valence-electron chi connectivity index (χ4n) is 2.03. The molecule has 1 aromatic carbocycles. The summed E-state index contributed by atoms with van der Waals surface area (Å²) in [6, 6.07) is 5.22. The van der Waals surface area contributed by atoms with Crippen LogP contribution in [-0.2, 0) is 0 Å². The Bertz CT molecular complexity index is 438. The Kier molecular flexibility index (Phi) is 2.96. The Morgan fingerprint density at radius 1 is 1.47 bits per heavy atom. The number of nitrogens with one attached hydrogen (secondary N) is 1. The van der Waals surface area contributed by atoms with Gasteiger partial charge in [0, 0.05) is 17.9 Å². The van der Waals surface area contributed by atoms with E-state index in [-0.39, 0.29) is 0 Å². The lowest BCUT2D eigenvalue weighted by atomic mass is 10.0. The van der Waals surface area contributed by atoms with Gasteiger partial charge in [-0.2, -0.15) is 0 Å². The van der Waals surface area contributed by atoms with Gasteiger partial charge in [0.25, 0.3) is 5.91 Å². The standard InChI is InChI=1S/C13H19N3O/c1-2-13(5-6-13)8-16-11-4-3-9(14)7-10(11)12(15)17/h3-4,7,16H,2,5-6,8,14H2,1H3,(H2,15,17). The summed E-state index contributed by atoms with van der Waals surface area (Å²) in [5.41, 5.74) is 13.2. The summed E-state index contributed by atoms with van der Waals surface area (Å²) >= 11 is 0. The maximum absolute atomic E-state index is 11.3. The Labute approximate surface area is 101 Å². The van der Waals surface area contributed by atoms with Crippen LogP contribution in [0.3, 0.4) is 0 Å². The first-order valence-corrected chi connectivity index (χ1v) is 5.99. The highest BCUT2D eigenvalue weighted by Crippen LogP contribution is 2.48. The maximum Gasteiger partial charge on any atom is 0.250 e. The average molecular weight is 233 g/mol. The second kappa shape index (κ2) is 4.28. The molecule has 0 unspecified atom stereocenters.